The van der Waals surface area contributed by atoms with E-state index in [1.54, 1.807) is 12.1 Å². The number of ether oxygens (including phenoxy) is 1. The van der Waals surface area contributed by atoms with Crippen LogP contribution in [-0.4, -0.2) is 27.5 Å². The maximum atomic E-state index is 12.7. The summed E-state index contributed by atoms with van der Waals surface area (Å²) in [7, 11) is -2.13. The number of sulfonamides is 1. The van der Waals surface area contributed by atoms with E-state index in [-0.39, 0.29) is 24.3 Å². The molecule has 0 aromatic heterocycles. The predicted octanol–water partition coefficient (Wildman–Crippen LogP) is 3.40. The van der Waals surface area contributed by atoms with Gasteiger partial charge in [-0.2, -0.15) is 0 Å². The third kappa shape index (κ3) is 5.20. The number of carbonyl (C=O) groups is 1. The van der Waals surface area contributed by atoms with Crippen LogP contribution >= 0.6 is 0 Å². The first-order valence-electron chi connectivity index (χ1n) is 9.61. The Labute approximate surface area is 167 Å². The van der Waals surface area contributed by atoms with Crippen LogP contribution in [0.5, 0.6) is 0 Å². The first-order valence-corrected chi connectivity index (χ1v) is 11.1. The second kappa shape index (κ2) is 8.88. The fraction of sp³-hybridized carbons (Fsp3) is 0.409. The van der Waals surface area contributed by atoms with Crippen molar-refractivity contribution >= 4 is 16.0 Å². The van der Waals surface area contributed by atoms with Crippen molar-refractivity contribution in [3.63, 3.8) is 0 Å². The summed E-state index contributed by atoms with van der Waals surface area (Å²) in [5, 5.41) is 0. The highest BCUT2D eigenvalue weighted by Gasteiger charge is 2.31. The number of methoxy groups -OCH3 is 1. The van der Waals surface area contributed by atoms with Gasteiger partial charge in [-0.15, -0.1) is 0 Å². The Hall–Kier alpha value is -2.18. The molecule has 150 valence electrons. The second-order valence-corrected chi connectivity index (χ2v) is 9.22. The molecule has 1 aliphatic rings. The van der Waals surface area contributed by atoms with E-state index < -0.39 is 10.0 Å². The maximum Gasteiger partial charge on any atom is 0.309 e. The van der Waals surface area contributed by atoms with E-state index in [2.05, 4.69) is 4.72 Å². The summed E-state index contributed by atoms with van der Waals surface area (Å²) >= 11 is 0. The molecule has 2 aromatic rings. The third-order valence-electron chi connectivity index (χ3n) is 5.39. The predicted molar refractivity (Wildman–Crippen MR) is 108 cm³/mol. The number of hydrogen-bond acceptors (Lipinski definition) is 4. The zero-order chi connectivity index (χ0) is 20.1. The summed E-state index contributed by atoms with van der Waals surface area (Å²) in [5.41, 5.74) is 3.10. The highest BCUT2D eigenvalue weighted by Crippen LogP contribution is 2.30. The Bertz CT molecular complexity index is 905. The molecular weight excluding hydrogens is 374 g/mol. The van der Waals surface area contributed by atoms with Crippen LogP contribution in [0.3, 0.4) is 0 Å². The van der Waals surface area contributed by atoms with Crippen molar-refractivity contribution in [2.45, 2.75) is 50.0 Å². The first kappa shape index (κ1) is 20.6. The Kier molecular flexibility index (Phi) is 6.52. The van der Waals surface area contributed by atoms with Crippen LogP contribution in [0.2, 0.25) is 0 Å². The van der Waals surface area contributed by atoms with E-state index in [1.165, 1.54) is 7.11 Å². The van der Waals surface area contributed by atoms with E-state index in [4.69, 9.17) is 4.74 Å². The minimum absolute atomic E-state index is 0.0546. The number of nitrogens with one attached hydrogen (secondary N) is 1. The van der Waals surface area contributed by atoms with Gasteiger partial charge in [0, 0.05) is 6.04 Å². The van der Waals surface area contributed by atoms with Crippen LogP contribution in [0.1, 0.15) is 36.0 Å². The molecule has 0 radical (unpaired) electrons. The van der Waals surface area contributed by atoms with Gasteiger partial charge in [0.05, 0.1) is 18.4 Å². The van der Waals surface area contributed by atoms with Crippen molar-refractivity contribution in [1.82, 2.24) is 4.72 Å². The van der Waals surface area contributed by atoms with Gasteiger partial charge in [-0.3, -0.25) is 4.79 Å². The van der Waals surface area contributed by atoms with Crippen LogP contribution in [0.15, 0.2) is 53.4 Å². The molecule has 5 nitrogen and oxygen atoms in total. The van der Waals surface area contributed by atoms with Crippen LogP contribution < -0.4 is 4.72 Å². The van der Waals surface area contributed by atoms with Gasteiger partial charge in [-0.25, -0.2) is 13.1 Å². The SMILES string of the molecule is COC(=O)Cc1ccc(CC2CCCC2NS(=O)(=O)c2ccc(C)cc2)cc1. The lowest BCUT2D eigenvalue weighted by atomic mass is 9.94. The van der Waals surface area contributed by atoms with Crippen LogP contribution in [0.25, 0.3) is 0 Å². The number of aryl methyl sites for hydroxylation is 1. The van der Waals surface area contributed by atoms with Crippen molar-refractivity contribution in [3.05, 3.63) is 65.2 Å². The van der Waals surface area contributed by atoms with Gasteiger partial charge in [-0.05, 0) is 55.4 Å². The minimum Gasteiger partial charge on any atom is -0.469 e. The zero-order valence-corrected chi connectivity index (χ0v) is 17.2. The second-order valence-electron chi connectivity index (χ2n) is 7.51. The lowest BCUT2D eigenvalue weighted by Crippen LogP contribution is -2.38. The van der Waals surface area contributed by atoms with E-state index in [1.807, 2.05) is 43.3 Å². The molecular formula is C22H27NO4S. The molecule has 2 unspecified atom stereocenters. The van der Waals surface area contributed by atoms with Gasteiger partial charge in [0.25, 0.3) is 0 Å². The van der Waals surface area contributed by atoms with Gasteiger partial charge in [0.2, 0.25) is 10.0 Å². The normalized spacial score (nSPS) is 19.5. The van der Waals surface area contributed by atoms with E-state index in [0.29, 0.717) is 4.90 Å². The molecule has 3 rings (SSSR count). The molecule has 6 heteroatoms. The summed E-state index contributed by atoms with van der Waals surface area (Å²) in [6, 6.07) is 14.8. The average Bonchev–Trinajstić information content (AvgIpc) is 3.09. The zero-order valence-electron chi connectivity index (χ0n) is 16.4. The van der Waals surface area contributed by atoms with Crippen molar-refractivity contribution in [1.29, 1.82) is 0 Å². The molecule has 28 heavy (non-hydrogen) atoms. The summed E-state index contributed by atoms with van der Waals surface area (Å²) in [4.78, 5) is 11.7. The third-order valence-corrected chi connectivity index (χ3v) is 6.90. The van der Waals surface area contributed by atoms with Gasteiger partial charge in [-0.1, -0.05) is 48.4 Å². The minimum atomic E-state index is -3.51. The van der Waals surface area contributed by atoms with Crippen LogP contribution in [0, 0.1) is 12.8 Å². The number of rotatable bonds is 7. The first-order chi connectivity index (χ1) is 13.4. The maximum absolute atomic E-state index is 12.7. The van der Waals surface area contributed by atoms with Crippen molar-refractivity contribution in [2.24, 2.45) is 5.92 Å². The van der Waals surface area contributed by atoms with E-state index in [9.17, 15) is 13.2 Å². The Morgan fingerprint density at radius 2 is 1.68 bits per heavy atom. The van der Waals surface area contributed by atoms with Crippen LogP contribution in [-0.2, 0) is 32.4 Å². The fourth-order valence-corrected chi connectivity index (χ4v) is 5.10. The fourth-order valence-electron chi connectivity index (χ4n) is 3.76. The lowest BCUT2D eigenvalue weighted by Gasteiger charge is -2.21. The highest BCUT2D eigenvalue weighted by molar-refractivity contribution is 7.89. The molecule has 0 heterocycles. The summed E-state index contributed by atoms with van der Waals surface area (Å²) in [6.45, 7) is 1.94. The smallest absolute Gasteiger partial charge is 0.309 e. The molecule has 1 N–H and O–H groups in total. The number of carbonyl (C=O) groups excluding carboxylic acids is 1. The van der Waals surface area contributed by atoms with E-state index in [0.717, 1.165) is 42.4 Å². The molecule has 0 bridgehead atoms. The molecule has 0 saturated heterocycles. The number of esters is 1. The van der Waals surface area contributed by atoms with Crippen molar-refractivity contribution in [2.75, 3.05) is 7.11 Å². The van der Waals surface area contributed by atoms with Gasteiger partial charge in [0.1, 0.15) is 0 Å². The molecule has 2 atom stereocenters. The van der Waals surface area contributed by atoms with Crippen molar-refractivity contribution in [3.8, 4) is 0 Å². The number of hydrogen-bond donors (Lipinski definition) is 1. The van der Waals surface area contributed by atoms with Gasteiger partial charge >= 0.3 is 5.97 Å². The molecule has 0 aliphatic heterocycles. The van der Waals surface area contributed by atoms with Gasteiger partial charge < -0.3 is 4.74 Å². The molecule has 1 aliphatic carbocycles. The average molecular weight is 402 g/mol. The topological polar surface area (TPSA) is 72.5 Å². The Morgan fingerprint density at radius 1 is 1.04 bits per heavy atom. The van der Waals surface area contributed by atoms with E-state index >= 15 is 0 Å². The molecule has 0 spiro atoms. The standard InChI is InChI=1S/C22H27NO4S/c1-16-6-12-20(13-7-16)28(25,26)23-21-5-3-4-19(21)14-17-8-10-18(11-9-17)15-22(24)27-2/h6-13,19,21,23H,3-5,14-15H2,1-2H3. The summed E-state index contributed by atoms with van der Waals surface area (Å²) < 4.78 is 33.0. The van der Waals surface area contributed by atoms with Crippen molar-refractivity contribution < 1.29 is 17.9 Å². The molecule has 1 fully saturated rings. The van der Waals surface area contributed by atoms with Crippen LogP contribution in [0.4, 0.5) is 0 Å². The Morgan fingerprint density at radius 3 is 2.32 bits per heavy atom. The Balaban J connectivity index is 1.64. The monoisotopic (exact) mass is 401 g/mol. The quantitative estimate of drug-likeness (QED) is 0.722. The molecule has 1 saturated carbocycles. The molecule has 0 amide bonds. The number of benzene rings is 2. The molecule has 2 aromatic carbocycles. The summed E-state index contributed by atoms with van der Waals surface area (Å²) in [6.07, 6.45) is 3.96. The van der Waals surface area contributed by atoms with Gasteiger partial charge in [0.15, 0.2) is 0 Å². The largest absolute Gasteiger partial charge is 0.469 e. The summed E-state index contributed by atoms with van der Waals surface area (Å²) in [5.74, 6) is 0.0146. The lowest BCUT2D eigenvalue weighted by molar-refractivity contribution is -0.139. The highest BCUT2D eigenvalue weighted by atomic mass is 32.2.